The second-order valence-electron chi connectivity index (χ2n) is 6.31. The van der Waals surface area contributed by atoms with Crippen LogP contribution in [0.5, 0.6) is 0 Å². The summed E-state index contributed by atoms with van der Waals surface area (Å²) in [5.74, 6) is -0.206. The molecule has 1 aromatic carbocycles. The van der Waals surface area contributed by atoms with Crippen molar-refractivity contribution >= 4 is 39.3 Å². The number of nitrogens with zero attached hydrogens (tertiary/aromatic N) is 2. The van der Waals surface area contributed by atoms with Gasteiger partial charge in [0.2, 0.25) is 0 Å². The molecule has 0 atom stereocenters. The van der Waals surface area contributed by atoms with Crippen LogP contribution in [-0.2, 0) is 9.53 Å². The first kappa shape index (κ1) is 19.6. The second-order valence-corrected chi connectivity index (χ2v) is 8.46. The van der Waals surface area contributed by atoms with Crippen molar-refractivity contribution in [1.29, 1.82) is 0 Å². The zero-order valence-corrected chi connectivity index (χ0v) is 17.7. The van der Waals surface area contributed by atoms with E-state index in [1.165, 1.54) is 23.1 Å². The summed E-state index contributed by atoms with van der Waals surface area (Å²) < 4.78 is 6.65. The molecule has 2 aromatic heterocycles. The third-order valence-corrected chi connectivity index (χ3v) is 6.63. The molecule has 0 unspecified atom stereocenters. The fraction of sp³-hybridized carbons (Fsp3) is 0.350. The molecule has 0 saturated heterocycles. The first-order chi connectivity index (χ1) is 12.8. The van der Waals surface area contributed by atoms with Crippen molar-refractivity contribution in [2.45, 2.75) is 39.8 Å². The van der Waals surface area contributed by atoms with Crippen LogP contribution in [0.3, 0.4) is 0 Å². The largest absolute Gasteiger partial charge is 0.465 e. The maximum atomic E-state index is 13.4. The van der Waals surface area contributed by atoms with E-state index in [9.17, 15) is 9.59 Å². The molecule has 27 heavy (non-hydrogen) atoms. The number of hydrogen-bond donors (Lipinski definition) is 0. The van der Waals surface area contributed by atoms with E-state index in [0.29, 0.717) is 22.0 Å². The lowest BCUT2D eigenvalue weighted by atomic mass is 10.1. The molecule has 0 radical (unpaired) electrons. The van der Waals surface area contributed by atoms with Crippen LogP contribution in [0.4, 0.5) is 0 Å². The van der Waals surface area contributed by atoms with E-state index >= 15 is 0 Å². The van der Waals surface area contributed by atoms with Gasteiger partial charge in [0.25, 0.3) is 5.56 Å². The van der Waals surface area contributed by atoms with E-state index in [1.54, 1.807) is 11.5 Å². The number of esters is 1. The van der Waals surface area contributed by atoms with Gasteiger partial charge in [-0.3, -0.25) is 14.2 Å². The highest BCUT2D eigenvalue weighted by Gasteiger charge is 2.20. The number of aromatic nitrogens is 2. The van der Waals surface area contributed by atoms with Crippen molar-refractivity contribution in [2.24, 2.45) is 0 Å². The van der Waals surface area contributed by atoms with Crippen LogP contribution in [0, 0.1) is 27.7 Å². The summed E-state index contributed by atoms with van der Waals surface area (Å²) in [4.78, 5) is 31.8. The van der Waals surface area contributed by atoms with Gasteiger partial charge in [0.1, 0.15) is 4.83 Å². The molecular weight excluding hydrogens is 380 g/mol. The van der Waals surface area contributed by atoms with Gasteiger partial charge in [0, 0.05) is 4.88 Å². The summed E-state index contributed by atoms with van der Waals surface area (Å²) in [6.07, 6.45) is 0. The van der Waals surface area contributed by atoms with Crippen molar-refractivity contribution in [2.75, 3.05) is 12.4 Å². The molecule has 3 aromatic rings. The standard InChI is InChI=1S/C20H22N2O3S2/c1-6-25-16(23)10-26-20-21-18-17(13(4)14(5)27-18)19(24)22(20)15-9-7-8-11(2)12(15)3/h7-9H,6,10H2,1-5H3. The van der Waals surface area contributed by atoms with Crippen LogP contribution in [0.1, 0.15) is 28.5 Å². The molecule has 2 heterocycles. The summed E-state index contributed by atoms with van der Waals surface area (Å²) in [5.41, 5.74) is 3.78. The Kier molecular flexibility index (Phi) is 5.72. The zero-order chi connectivity index (χ0) is 19.7. The smallest absolute Gasteiger partial charge is 0.316 e. The molecule has 0 aliphatic carbocycles. The number of carbonyl (C=O) groups excluding carboxylic acids is 1. The zero-order valence-electron chi connectivity index (χ0n) is 16.1. The fourth-order valence-corrected chi connectivity index (χ4v) is 4.76. The highest BCUT2D eigenvalue weighted by Crippen LogP contribution is 2.30. The Bertz CT molecular complexity index is 1080. The molecule has 0 aliphatic rings. The van der Waals surface area contributed by atoms with E-state index in [0.717, 1.165) is 27.3 Å². The van der Waals surface area contributed by atoms with E-state index in [1.807, 2.05) is 45.9 Å². The predicted octanol–water partition coefficient (Wildman–Crippen LogP) is 4.34. The normalized spacial score (nSPS) is 11.1. The van der Waals surface area contributed by atoms with Crippen molar-refractivity contribution in [3.63, 3.8) is 0 Å². The van der Waals surface area contributed by atoms with E-state index < -0.39 is 0 Å². The molecule has 3 rings (SSSR count). The fourth-order valence-electron chi connectivity index (χ4n) is 2.89. The maximum Gasteiger partial charge on any atom is 0.316 e. The minimum absolute atomic E-state index is 0.0955. The lowest BCUT2D eigenvalue weighted by Gasteiger charge is -2.15. The minimum atomic E-state index is -0.317. The molecule has 0 fully saturated rings. The summed E-state index contributed by atoms with van der Waals surface area (Å²) >= 11 is 2.74. The van der Waals surface area contributed by atoms with Crippen LogP contribution in [0.25, 0.3) is 15.9 Å². The van der Waals surface area contributed by atoms with Crippen LogP contribution in [-0.4, -0.2) is 27.9 Å². The molecule has 142 valence electrons. The first-order valence-corrected chi connectivity index (χ1v) is 10.5. The minimum Gasteiger partial charge on any atom is -0.465 e. The third-order valence-electron chi connectivity index (χ3n) is 4.61. The number of thioether (sulfide) groups is 1. The van der Waals surface area contributed by atoms with Gasteiger partial charge in [-0.2, -0.15) is 0 Å². The number of fused-ring (bicyclic) bond motifs is 1. The highest BCUT2D eigenvalue weighted by atomic mass is 32.2. The van der Waals surface area contributed by atoms with Gasteiger partial charge in [-0.1, -0.05) is 23.9 Å². The van der Waals surface area contributed by atoms with E-state index in [4.69, 9.17) is 9.72 Å². The average Bonchev–Trinajstić information content (AvgIpc) is 2.91. The van der Waals surface area contributed by atoms with Crippen molar-refractivity contribution in [3.8, 4) is 5.69 Å². The Balaban J connectivity index is 2.24. The predicted molar refractivity (Wildman–Crippen MR) is 112 cm³/mol. The molecule has 0 saturated carbocycles. The van der Waals surface area contributed by atoms with Gasteiger partial charge in [0.15, 0.2) is 5.16 Å². The Morgan fingerprint density at radius 1 is 1.22 bits per heavy atom. The van der Waals surface area contributed by atoms with Gasteiger partial charge in [0.05, 0.1) is 23.4 Å². The summed E-state index contributed by atoms with van der Waals surface area (Å²) in [6.45, 7) is 10.1. The molecular formula is C20H22N2O3S2. The highest BCUT2D eigenvalue weighted by molar-refractivity contribution is 7.99. The lowest BCUT2D eigenvalue weighted by Crippen LogP contribution is -2.23. The Hall–Kier alpha value is -2.12. The molecule has 0 aliphatic heterocycles. The number of aryl methyl sites for hydroxylation is 3. The molecule has 0 amide bonds. The van der Waals surface area contributed by atoms with Crippen LogP contribution in [0.15, 0.2) is 28.2 Å². The van der Waals surface area contributed by atoms with Gasteiger partial charge < -0.3 is 4.74 Å². The molecule has 7 heteroatoms. The number of benzene rings is 1. The number of hydrogen-bond acceptors (Lipinski definition) is 6. The van der Waals surface area contributed by atoms with E-state index in [2.05, 4.69) is 0 Å². The number of ether oxygens (including phenoxy) is 1. The quantitative estimate of drug-likeness (QED) is 0.361. The maximum absolute atomic E-state index is 13.4. The third kappa shape index (κ3) is 3.66. The van der Waals surface area contributed by atoms with Crippen LogP contribution in [0.2, 0.25) is 0 Å². The summed E-state index contributed by atoms with van der Waals surface area (Å²) in [6, 6.07) is 5.86. The SMILES string of the molecule is CCOC(=O)CSc1nc2sc(C)c(C)c2c(=O)n1-c1cccc(C)c1C. The first-order valence-electron chi connectivity index (χ1n) is 8.72. The van der Waals surface area contributed by atoms with Crippen molar-refractivity contribution in [1.82, 2.24) is 9.55 Å². The Morgan fingerprint density at radius 2 is 1.96 bits per heavy atom. The van der Waals surface area contributed by atoms with Gasteiger partial charge in [-0.15, -0.1) is 11.3 Å². The number of carbonyl (C=O) groups is 1. The second kappa shape index (κ2) is 7.86. The lowest BCUT2D eigenvalue weighted by molar-refractivity contribution is -0.139. The number of rotatable bonds is 5. The molecule has 0 N–H and O–H groups in total. The van der Waals surface area contributed by atoms with Crippen LogP contribution < -0.4 is 5.56 Å². The van der Waals surface area contributed by atoms with Gasteiger partial charge in [-0.05, 0) is 57.4 Å². The number of thiophene rings is 1. The topological polar surface area (TPSA) is 61.2 Å². The molecule has 5 nitrogen and oxygen atoms in total. The summed E-state index contributed by atoms with van der Waals surface area (Å²) in [5, 5.41) is 1.16. The van der Waals surface area contributed by atoms with E-state index in [-0.39, 0.29) is 17.3 Å². The van der Waals surface area contributed by atoms with Crippen LogP contribution >= 0.6 is 23.1 Å². The Morgan fingerprint density at radius 3 is 2.67 bits per heavy atom. The van der Waals surface area contributed by atoms with Gasteiger partial charge in [-0.25, -0.2) is 4.98 Å². The summed E-state index contributed by atoms with van der Waals surface area (Å²) in [7, 11) is 0. The molecule has 0 bridgehead atoms. The monoisotopic (exact) mass is 402 g/mol. The molecule has 0 spiro atoms. The van der Waals surface area contributed by atoms with Gasteiger partial charge >= 0.3 is 5.97 Å². The van der Waals surface area contributed by atoms with Crippen molar-refractivity contribution in [3.05, 3.63) is 50.1 Å². The van der Waals surface area contributed by atoms with Crippen molar-refractivity contribution < 1.29 is 9.53 Å². The Labute approximate surface area is 166 Å². The average molecular weight is 403 g/mol.